The molecule has 1 saturated heterocycles. The van der Waals surface area contributed by atoms with Crippen LogP contribution < -0.4 is 16.0 Å². The van der Waals surface area contributed by atoms with Crippen molar-refractivity contribution in [2.75, 3.05) is 13.6 Å². The topological polar surface area (TPSA) is 90.5 Å². The lowest BCUT2D eigenvalue weighted by Crippen LogP contribution is -2.49. The third-order valence-corrected chi connectivity index (χ3v) is 2.42. The average molecular weight is 215 g/mol. The number of amides is 2. The molecule has 1 heterocycles. The van der Waals surface area contributed by atoms with E-state index in [2.05, 4.69) is 16.0 Å². The fourth-order valence-corrected chi connectivity index (χ4v) is 1.51. The van der Waals surface area contributed by atoms with Crippen molar-refractivity contribution in [1.82, 2.24) is 16.0 Å². The van der Waals surface area contributed by atoms with E-state index in [0.717, 1.165) is 0 Å². The minimum Gasteiger partial charge on any atom is -0.392 e. The predicted molar refractivity (Wildman–Crippen MR) is 54.1 cm³/mol. The lowest BCUT2D eigenvalue weighted by molar-refractivity contribution is -0.129. The van der Waals surface area contributed by atoms with Gasteiger partial charge in [0.1, 0.15) is 6.04 Å². The zero-order valence-electron chi connectivity index (χ0n) is 8.91. The molecule has 86 valence electrons. The second-order valence-electron chi connectivity index (χ2n) is 3.69. The summed E-state index contributed by atoms with van der Waals surface area (Å²) in [4.78, 5) is 22.7. The van der Waals surface area contributed by atoms with Crippen molar-refractivity contribution in [1.29, 1.82) is 0 Å². The van der Waals surface area contributed by atoms with Crippen LogP contribution in [0.4, 0.5) is 0 Å². The second kappa shape index (κ2) is 5.09. The van der Waals surface area contributed by atoms with Crippen LogP contribution in [0.25, 0.3) is 0 Å². The molecule has 0 aromatic heterocycles. The highest BCUT2D eigenvalue weighted by Crippen LogP contribution is 2.06. The van der Waals surface area contributed by atoms with Gasteiger partial charge in [-0.2, -0.15) is 0 Å². The molecule has 1 fully saturated rings. The lowest BCUT2D eigenvalue weighted by atomic mass is 10.2. The number of carbonyl (C=O) groups excluding carboxylic acids is 2. The van der Waals surface area contributed by atoms with Gasteiger partial charge >= 0.3 is 0 Å². The Balaban J connectivity index is 2.38. The van der Waals surface area contributed by atoms with Gasteiger partial charge in [-0.25, -0.2) is 0 Å². The summed E-state index contributed by atoms with van der Waals surface area (Å²) in [7, 11) is 1.52. The van der Waals surface area contributed by atoms with Crippen LogP contribution in [0.5, 0.6) is 0 Å². The number of hydrogen-bond donors (Lipinski definition) is 4. The van der Waals surface area contributed by atoms with Crippen molar-refractivity contribution in [2.24, 2.45) is 0 Å². The van der Waals surface area contributed by atoms with Gasteiger partial charge in [0.2, 0.25) is 11.8 Å². The van der Waals surface area contributed by atoms with E-state index in [-0.39, 0.29) is 11.8 Å². The number of β-amino-alcohol motifs (C(OH)–C–C–N with tert-alkyl or cyclic N) is 1. The smallest absolute Gasteiger partial charge is 0.242 e. The van der Waals surface area contributed by atoms with Gasteiger partial charge in [0.05, 0.1) is 12.1 Å². The number of aliphatic hydroxyl groups excluding tert-OH is 1. The fraction of sp³-hybridized carbons (Fsp3) is 0.778. The van der Waals surface area contributed by atoms with Crippen molar-refractivity contribution in [3.05, 3.63) is 0 Å². The highest BCUT2D eigenvalue weighted by Gasteiger charge is 2.29. The molecule has 0 spiro atoms. The molecule has 0 aliphatic carbocycles. The molecular formula is C9H17N3O3. The van der Waals surface area contributed by atoms with E-state index in [9.17, 15) is 14.7 Å². The summed E-state index contributed by atoms with van der Waals surface area (Å²) in [5, 5.41) is 17.1. The third kappa shape index (κ3) is 3.17. The lowest BCUT2D eigenvalue weighted by Gasteiger charge is -2.15. The highest BCUT2D eigenvalue weighted by molar-refractivity contribution is 5.89. The van der Waals surface area contributed by atoms with Gasteiger partial charge in [0.25, 0.3) is 0 Å². The molecular weight excluding hydrogens is 198 g/mol. The summed E-state index contributed by atoms with van der Waals surface area (Å²) in [5.41, 5.74) is 0. The van der Waals surface area contributed by atoms with Crippen molar-refractivity contribution in [3.63, 3.8) is 0 Å². The molecule has 0 radical (unpaired) electrons. The van der Waals surface area contributed by atoms with Crippen molar-refractivity contribution in [3.8, 4) is 0 Å². The third-order valence-electron chi connectivity index (χ3n) is 2.42. The van der Waals surface area contributed by atoms with Gasteiger partial charge in [0.15, 0.2) is 0 Å². The molecule has 0 aromatic carbocycles. The zero-order chi connectivity index (χ0) is 11.4. The Morgan fingerprint density at radius 1 is 1.53 bits per heavy atom. The minimum atomic E-state index is -0.554. The van der Waals surface area contributed by atoms with E-state index in [1.165, 1.54) is 7.05 Å². The standard InChI is InChI=1S/C9H17N3O3/c1-5(8(14)10-2)12-9(15)7-3-6(13)4-11-7/h5-7,11,13H,3-4H2,1-2H3,(H,10,14)(H,12,15). The predicted octanol–water partition coefficient (Wildman–Crippen LogP) is -2.04. The summed E-state index contributed by atoms with van der Waals surface area (Å²) in [5.74, 6) is -0.482. The van der Waals surface area contributed by atoms with Crippen LogP contribution in [-0.4, -0.2) is 48.7 Å². The maximum Gasteiger partial charge on any atom is 0.242 e. The normalized spacial score (nSPS) is 27.1. The highest BCUT2D eigenvalue weighted by atomic mass is 16.3. The Morgan fingerprint density at radius 3 is 2.67 bits per heavy atom. The van der Waals surface area contributed by atoms with Crippen molar-refractivity contribution in [2.45, 2.75) is 31.5 Å². The Labute approximate surface area is 88.4 Å². The molecule has 1 aliphatic heterocycles. The molecule has 15 heavy (non-hydrogen) atoms. The first-order valence-electron chi connectivity index (χ1n) is 4.98. The van der Waals surface area contributed by atoms with Crippen LogP contribution in [-0.2, 0) is 9.59 Å². The molecule has 0 aromatic rings. The molecule has 1 rings (SSSR count). The van der Waals surface area contributed by atoms with Gasteiger partial charge < -0.3 is 21.1 Å². The first-order chi connectivity index (χ1) is 7.04. The van der Waals surface area contributed by atoms with Gasteiger partial charge in [-0.1, -0.05) is 0 Å². The van der Waals surface area contributed by atoms with E-state index < -0.39 is 18.2 Å². The SMILES string of the molecule is CNC(=O)C(C)NC(=O)C1CC(O)CN1. The Kier molecular flexibility index (Phi) is 4.05. The van der Waals surface area contributed by atoms with E-state index in [0.29, 0.717) is 13.0 Å². The molecule has 0 bridgehead atoms. The number of hydrogen-bond acceptors (Lipinski definition) is 4. The number of likely N-dealkylation sites (N-methyl/N-ethyl adjacent to an activating group) is 1. The summed E-state index contributed by atoms with van der Waals surface area (Å²) < 4.78 is 0. The summed E-state index contributed by atoms with van der Waals surface area (Å²) in [6.45, 7) is 2.04. The van der Waals surface area contributed by atoms with E-state index in [1.54, 1.807) is 6.92 Å². The number of rotatable bonds is 3. The van der Waals surface area contributed by atoms with Crippen molar-refractivity contribution >= 4 is 11.8 Å². The van der Waals surface area contributed by atoms with Crippen molar-refractivity contribution < 1.29 is 14.7 Å². The van der Waals surface area contributed by atoms with E-state index in [1.807, 2.05) is 0 Å². The van der Waals surface area contributed by atoms with Crippen LogP contribution in [0, 0.1) is 0 Å². The summed E-state index contributed by atoms with van der Waals surface area (Å²) in [6.07, 6.45) is -0.0807. The number of carbonyl (C=O) groups is 2. The van der Waals surface area contributed by atoms with Crippen LogP contribution in [0.2, 0.25) is 0 Å². The molecule has 6 heteroatoms. The summed E-state index contributed by atoms with van der Waals surface area (Å²) >= 11 is 0. The average Bonchev–Trinajstić information content (AvgIpc) is 2.63. The van der Waals surface area contributed by atoms with Crippen LogP contribution in [0.3, 0.4) is 0 Å². The van der Waals surface area contributed by atoms with E-state index >= 15 is 0 Å². The number of nitrogens with one attached hydrogen (secondary N) is 3. The molecule has 3 atom stereocenters. The largest absolute Gasteiger partial charge is 0.392 e. The second-order valence-corrected chi connectivity index (χ2v) is 3.69. The minimum absolute atomic E-state index is 0.234. The molecule has 4 N–H and O–H groups in total. The number of aliphatic hydroxyl groups is 1. The fourth-order valence-electron chi connectivity index (χ4n) is 1.51. The molecule has 0 saturated carbocycles. The van der Waals surface area contributed by atoms with Crippen LogP contribution >= 0.6 is 0 Å². The Morgan fingerprint density at radius 2 is 2.20 bits per heavy atom. The maximum absolute atomic E-state index is 11.6. The Bertz CT molecular complexity index is 257. The van der Waals surface area contributed by atoms with Gasteiger partial charge in [0, 0.05) is 13.6 Å². The summed E-state index contributed by atoms with van der Waals surface area (Å²) in [6, 6.07) is -0.950. The van der Waals surface area contributed by atoms with Crippen LogP contribution in [0.1, 0.15) is 13.3 Å². The van der Waals surface area contributed by atoms with Gasteiger partial charge in [-0.3, -0.25) is 9.59 Å². The quantitative estimate of drug-likeness (QED) is 0.436. The molecule has 2 amide bonds. The van der Waals surface area contributed by atoms with E-state index in [4.69, 9.17) is 0 Å². The first kappa shape index (κ1) is 11.9. The first-order valence-corrected chi connectivity index (χ1v) is 4.98. The maximum atomic E-state index is 11.6. The van der Waals surface area contributed by atoms with Gasteiger partial charge in [-0.05, 0) is 13.3 Å². The molecule has 6 nitrogen and oxygen atoms in total. The van der Waals surface area contributed by atoms with Crippen LogP contribution in [0.15, 0.2) is 0 Å². The molecule has 1 aliphatic rings. The molecule has 3 unspecified atom stereocenters. The van der Waals surface area contributed by atoms with Gasteiger partial charge in [-0.15, -0.1) is 0 Å². The zero-order valence-corrected chi connectivity index (χ0v) is 8.91. The monoisotopic (exact) mass is 215 g/mol. The Hall–Kier alpha value is -1.14.